The molecule has 0 atom stereocenters. The first-order chi connectivity index (χ1) is 14.8. The van der Waals surface area contributed by atoms with E-state index in [9.17, 15) is 4.79 Å². The van der Waals surface area contributed by atoms with E-state index in [1.54, 1.807) is 18.6 Å². The number of aromatic nitrogens is 5. The Bertz CT molecular complexity index is 1080. The van der Waals surface area contributed by atoms with Crippen LogP contribution in [0.2, 0.25) is 0 Å². The fraction of sp³-hybridized carbons (Fsp3) is 0.227. The van der Waals surface area contributed by atoms with Gasteiger partial charge in [-0.1, -0.05) is 35.5 Å². The number of rotatable bonds is 9. The molecule has 0 saturated heterocycles. The molecular formula is C22H22N6O2. The molecule has 0 aliphatic rings. The van der Waals surface area contributed by atoms with Gasteiger partial charge in [0.05, 0.1) is 0 Å². The molecule has 1 aromatic carbocycles. The Hall–Kier alpha value is -3.81. The zero-order valence-electron chi connectivity index (χ0n) is 16.4. The molecule has 0 spiro atoms. The molecule has 0 aliphatic carbocycles. The predicted molar refractivity (Wildman–Crippen MR) is 110 cm³/mol. The maximum Gasteiger partial charge on any atom is 0.227 e. The van der Waals surface area contributed by atoms with Crippen molar-refractivity contribution in [2.24, 2.45) is 0 Å². The molecule has 4 aromatic rings. The van der Waals surface area contributed by atoms with Gasteiger partial charge in [0.2, 0.25) is 17.6 Å². The van der Waals surface area contributed by atoms with Crippen LogP contribution in [-0.4, -0.2) is 37.1 Å². The lowest BCUT2D eigenvalue weighted by Gasteiger charge is -2.09. The van der Waals surface area contributed by atoms with Gasteiger partial charge in [-0.2, -0.15) is 4.98 Å². The van der Waals surface area contributed by atoms with Crippen LogP contribution in [0.4, 0.5) is 0 Å². The summed E-state index contributed by atoms with van der Waals surface area (Å²) in [5.74, 6) is 1.83. The minimum absolute atomic E-state index is 0.0557. The van der Waals surface area contributed by atoms with Crippen molar-refractivity contribution in [2.75, 3.05) is 6.54 Å². The van der Waals surface area contributed by atoms with Crippen molar-refractivity contribution in [2.45, 2.75) is 25.8 Å². The highest BCUT2D eigenvalue weighted by molar-refractivity contribution is 5.76. The van der Waals surface area contributed by atoms with Gasteiger partial charge in [-0.3, -0.25) is 9.78 Å². The molecule has 8 heteroatoms. The van der Waals surface area contributed by atoms with E-state index in [1.807, 2.05) is 36.5 Å². The summed E-state index contributed by atoms with van der Waals surface area (Å²) >= 11 is 0. The lowest BCUT2D eigenvalue weighted by Crippen LogP contribution is -2.26. The van der Waals surface area contributed by atoms with Gasteiger partial charge < -0.3 is 14.4 Å². The summed E-state index contributed by atoms with van der Waals surface area (Å²) in [7, 11) is 0. The second-order valence-electron chi connectivity index (χ2n) is 6.80. The predicted octanol–water partition coefficient (Wildman–Crippen LogP) is 2.67. The molecule has 30 heavy (non-hydrogen) atoms. The van der Waals surface area contributed by atoms with Crippen LogP contribution >= 0.6 is 0 Å². The number of benzene rings is 1. The number of carbonyl (C=O) groups excluding carboxylic acids is 1. The third-order valence-corrected chi connectivity index (χ3v) is 4.64. The molecule has 3 heterocycles. The zero-order chi connectivity index (χ0) is 20.6. The summed E-state index contributed by atoms with van der Waals surface area (Å²) in [6.07, 6.45) is 8.44. The maximum absolute atomic E-state index is 12.2. The molecule has 152 valence electrons. The van der Waals surface area contributed by atoms with E-state index in [0.717, 1.165) is 17.9 Å². The Kier molecular flexibility index (Phi) is 6.24. The SMILES string of the molecule is O=C(CCc1nc(-c2ccncc2)no1)NCCc1nccn1Cc1ccccc1. The summed E-state index contributed by atoms with van der Waals surface area (Å²) in [5.41, 5.74) is 2.04. The van der Waals surface area contributed by atoms with Crippen LogP contribution in [0.3, 0.4) is 0 Å². The highest BCUT2D eigenvalue weighted by Crippen LogP contribution is 2.14. The third kappa shape index (κ3) is 5.16. The molecule has 1 amide bonds. The number of aryl methyl sites for hydroxylation is 1. The van der Waals surface area contributed by atoms with E-state index >= 15 is 0 Å². The van der Waals surface area contributed by atoms with Gasteiger partial charge in [-0.05, 0) is 17.7 Å². The van der Waals surface area contributed by atoms with Gasteiger partial charge in [0, 0.05) is 62.7 Å². The molecule has 0 bridgehead atoms. The molecule has 8 nitrogen and oxygen atoms in total. The fourth-order valence-corrected chi connectivity index (χ4v) is 3.09. The topological polar surface area (TPSA) is 98.7 Å². The number of amides is 1. The van der Waals surface area contributed by atoms with Crippen LogP contribution in [0.5, 0.6) is 0 Å². The van der Waals surface area contributed by atoms with Gasteiger partial charge >= 0.3 is 0 Å². The van der Waals surface area contributed by atoms with Crippen molar-refractivity contribution in [1.82, 2.24) is 30.0 Å². The zero-order valence-corrected chi connectivity index (χ0v) is 16.4. The molecule has 0 unspecified atom stereocenters. The Morgan fingerprint density at radius 2 is 1.87 bits per heavy atom. The number of pyridine rings is 1. The number of nitrogens with one attached hydrogen (secondary N) is 1. The number of imidazole rings is 1. The standard InChI is InChI=1S/C22H22N6O2/c29-20(6-7-21-26-22(27-30-21)18-8-11-23-12-9-18)25-13-10-19-24-14-15-28(19)16-17-4-2-1-3-5-17/h1-5,8-9,11-12,14-15H,6-7,10,13,16H2,(H,25,29). The van der Waals surface area contributed by atoms with Crippen molar-refractivity contribution in [1.29, 1.82) is 0 Å². The smallest absolute Gasteiger partial charge is 0.227 e. The van der Waals surface area contributed by atoms with Gasteiger partial charge in [0.1, 0.15) is 5.82 Å². The lowest BCUT2D eigenvalue weighted by molar-refractivity contribution is -0.121. The van der Waals surface area contributed by atoms with E-state index in [1.165, 1.54) is 5.56 Å². The highest BCUT2D eigenvalue weighted by Gasteiger charge is 2.11. The van der Waals surface area contributed by atoms with E-state index < -0.39 is 0 Å². The van der Waals surface area contributed by atoms with Crippen molar-refractivity contribution in [3.8, 4) is 11.4 Å². The van der Waals surface area contributed by atoms with E-state index in [4.69, 9.17) is 4.52 Å². The maximum atomic E-state index is 12.2. The van der Waals surface area contributed by atoms with Gasteiger partial charge in [0.25, 0.3) is 0 Å². The number of hydrogen-bond acceptors (Lipinski definition) is 6. The second kappa shape index (κ2) is 9.60. The third-order valence-electron chi connectivity index (χ3n) is 4.64. The van der Waals surface area contributed by atoms with Gasteiger partial charge in [-0.15, -0.1) is 0 Å². The summed E-state index contributed by atoms with van der Waals surface area (Å²) in [6.45, 7) is 1.29. The Labute approximate surface area is 174 Å². The number of nitrogens with zero attached hydrogens (tertiary/aromatic N) is 5. The van der Waals surface area contributed by atoms with E-state index in [2.05, 4.69) is 42.1 Å². The van der Waals surface area contributed by atoms with Crippen molar-refractivity contribution >= 4 is 5.91 Å². The average molecular weight is 402 g/mol. The van der Waals surface area contributed by atoms with Gasteiger partial charge in [0.15, 0.2) is 0 Å². The highest BCUT2D eigenvalue weighted by atomic mass is 16.5. The Balaban J connectivity index is 1.22. The van der Waals surface area contributed by atoms with Gasteiger partial charge in [-0.25, -0.2) is 4.98 Å². The van der Waals surface area contributed by atoms with Crippen LogP contribution in [0.25, 0.3) is 11.4 Å². The monoisotopic (exact) mass is 402 g/mol. The Morgan fingerprint density at radius 1 is 1.03 bits per heavy atom. The molecule has 0 radical (unpaired) electrons. The van der Waals surface area contributed by atoms with E-state index in [-0.39, 0.29) is 12.3 Å². The summed E-state index contributed by atoms with van der Waals surface area (Å²) in [6, 6.07) is 13.8. The fourth-order valence-electron chi connectivity index (χ4n) is 3.09. The van der Waals surface area contributed by atoms with Crippen LogP contribution in [0.1, 0.15) is 23.7 Å². The van der Waals surface area contributed by atoms with Crippen LogP contribution < -0.4 is 5.32 Å². The summed E-state index contributed by atoms with van der Waals surface area (Å²) in [4.78, 5) is 24.9. The van der Waals surface area contributed by atoms with Crippen molar-refractivity contribution in [3.05, 3.63) is 84.5 Å². The first-order valence-electron chi connectivity index (χ1n) is 9.81. The van der Waals surface area contributed by atoms with E-state index in [0.29, 0.717) is 31.1 Å². The molecular weight excluding hydrogens is 380 g/mol. The van der Waals surface area contributed by atoms with Crippen molar-refractivity contribution < 1.29 is 9.32 Å². The lowest BCUT2D eigenvalue weighted by atomic mass is 10.2. The molecule has 0 saturated carbocycles. The first-order valence-corrected chi connectivity index (χ1v) is 9.81. The quantitative estimate of drug-likeness (QED) is 0.462. The Morgan fingerprint density at radius 3 is 2.70 bits per heavy atom. The number of hydrogen-bond donors (Lipinski definition) is 1. The average Bonchev–Trinajstić information content (AvgIpc) is 3.43. The first kappa shape index (κ1) is 19.5. The molecule has 0 aliphatic heterocycles. The summed E-state index contributed by atoms with van der Waals surface area (Å²) in [5, 5.41) is 6.88. The molecule has 3 aromatic heterocycles. The number of carbonyl (C=O) groups is 1. The minimum Gasteiger partial charge on any atom is -0.356 e. The van der Waals surface area contributed by atoms with Crippen molar-refractivity contribution in [3.63, 3.8) is 0 Å². The molecule has 0 fully saturated rings. The van der Waals surface area contributed by atoms with Crippen LogP contribution in [0.15, 0.2) is 71.8 Å². The second-order valence-corrected chi connectivity index (χ2v) is 6.80. The largest absolute Gasteiger partial charge is 0.356 e. The summed E-state index contributed by atoms with van der Waals surface area (Å²) < 4.78 is 7.33. The molecule has 4 rings (SSSR count). The minimum atomic E-state index is -0.0557. The van der Waals surface area contributed by atoms with Crippen LogP contribution in [-0.2, 0) is 24.2 Å². The van der Waals surface area contributed by atoms with Crippen LogP contribution in [0, 0.1) is 0 Å². The molecule has 1 N–H and O–H groups in total. The normalized spacial score (nSPS) is 10.8.